The minimum Gasteiger partial charge on any atom is -0.465 e. The van der Waals surface area contributed by atoms with Gasteiger partial charge in [-0.15, -0.1) is 0 Å². The summed E-state index contributed by atoms with van der Waals surface area (Å²) in [5.41, 5.74) is 1.60. The van der Waals surface area contributed by atoms with E-state index in [1.54, 1.807) is 51.1 Å². The van der Waals surface area contributed by atoms with Crippen LogP contribution < -0.4 is 10.2 Å². The summed E-state index contributed by atoms with van der Waals surface area (Å²) >= 11 is 0. The third kappa shape index (κ3) is 6.06. The molecule has 3 aromatic rings. The van der Waals surface area contributed by atoms with Gasteiger partial charge in [-0.05, 0) is 56.7 Å². The van der Waals surface area contributed by atoms with E-state index in [1.165, 1.54) is 18.9 Å². The molecule has 0 bridgehead atoms. The number of methoxy groups -OCH3 is 1. The predicted molar refractivity (Wildman–Crippen MR) is 126 cm³/mol. The molecule has 0 unspecified atom stereocenters. The zero-order valence-corrected chi connectivity index (χ0v) is 19.3. The number of fused-ring (bicyclic) bond motifs is 1. The predicted octanol–water partition coefficient (Wildman–Crippen LogP) is 4.92. The summed E-state index contributed by atoms with van der Waals surface area (Å²) in [6, 6.07) is 16.0. The van der Waals surface area contributed by atoms with Crippen molar-refractivity contribution in [2.24, 2.45) is 0 Å². The van der Waals surface area contributed by atoms with Crippen LogP contribution in [-0.2, 0) is 20.8 Å². The summed E-state index contributed by atoms with van der Waals surface area (Å²) in [4.78, 5) is 42.7. The summed E-state index contributed by atoms with van der Waals surface area (Å²) in [6.07, 6.45) is -0.590. The SMILES string of the molecule is COC(=O)c1ccccc1N(Cc1ccc2ccc(NC(=O)OC(C)(C)C)nc2c1)C(C)=O. The van der Waals surface area contributed by atoms with Crippen molar-refractivity contribution >= 4 is 40.4 Å². The molecule has 0 spiro atoms. The van der Waals surface area contributed by atoms with Gasteiger partial charge >= 0.3 is 12.1 Å². The lowest BCUT2D eigenvalue weighted by molar-refractivity contribution is -0.116. The Kier molecular flexibility index (Phi) is 6.96. The first-order valence-electron chi connectivity index (χ1n) is 10.4. The molecule has 1 heterocycles. The van der Waals surface area contributed by atoms with E-state index in [4.69, 9.17) is 9.47 Å². The smallest absolute Gasteiger partial charge is 0.413 e. The van der Waals surface area contributed by atoms with Crippen molar-refractivity contribution in [2.75, 3.05) is 17.3 Å². The topological polar surface area (TPSA) is 97.8 Å². The lowest BCUT2D eigenvalue weighted by atomic mass is 10.1. The van der Waals surface area contributed by atoms with Crippen molar-refractivity contribution < 1.29 is 23.9 Å². The molecule has 0 radical (unpaired) electrons. The maximum Gasteiger partial charge on any atom is 0.413 e. The number of rotatable bonds is 5. The first kappa shape index (κ1) is 23.7. The number of hydrogen-bond donors (Lipinski definition) is 1. The Balaban J connectivity index is 1.89. The number of benzene rings is 2. The fraction of sp³-hybridized carbons (Fsp3) is 0.280. The Bertz CT molecular complexity index is 1200. The molecule has 8 nitrogen and oxygen atoms in total. The largest absolute Gasteiger partial charge is 0.465 e. The standard InChI is InChI=1S/C25H27N3O5/c1-16(29)28(21-9-7-6-8-19(21)23(30)32-5)15-17-10-11-18-12-13-22(26-20(18)14-17)27-24(31)33-25(2,3)4/h6-14H,15H2,1-5H3,(H,26,27,31). The second kappa shape index (κ2) is 9.68. The molecule has 33 heavy (non-hydrogen) atoms. The van der Waals surface area contributed by atoms with Crippen LogP contribution >= 0.6 is 0 Å². The molecule has 172 valence electrons. The normalized spacial score (nSPS) is 11.1. The van der Waals surface area contributed by atoms with E-state index in [2.05, 4.69) is 10.3 Å². The molecule has 1 N–H and O–H groups in total. The highest BCUT2D eigenvalue weighted by molar-refractivity contribution is 6.02. The number of amides is 2. The van der Waals surface area contributed by atoms with E-state index in [0.29, 0.717) is 22.6 Å². The van der Waals surface area contributed by atoms with Crippen molar-refractivity contribution in [3.8, 4) is 0 Å². The molecule has 1 aromatic heterocycles. The van der Waals surface area contributed by atoms with Crippen molar-refractivity contribution in [3.05, 3.63) is 65.7 Å². The maximum absolute atomic E-state index is 12.5. The Hall–Kier alpha value is -3.94. The van der Waals surface area contributed by atoms with Gasteiger partial charge in [0.15, 0.2) is 0 Å². The molecule has 3 rings (SSSR count). The number of ether oxygens (including phenoxy) is 2. The van der Waals surface area contributed by atoms with Crippen molar-refractivity contribution in [1.82, 2.24) is 4.98 Å². The number of aromatic nitrogens is 1. The van der Waals surface area contributed by atoms with Crippen molar-refractivity contribution in [2.45, 2.75) is 39.8 Å². The van der Waals surface area contributed by atoms with Crippen LogP contribution in [0.3, 0.4) is 0 Å². The molecule has 0 saturated heterocycles. The Morgan fingerprint density at radius 3 is 2.39 bits per heavy atom. The number of nitrogens with zero attached hydrogens (tertiary/aromatic N) is 2. The lowest BCUT2D eigenvalue weighted by Crippen LogP contribution is -2.29. The number of nitrogens with one attached hydrogen (secondary N) is 1. The fourth-order valence-electron chi connectivity index (χ4n) is 3.28. The highest BCUT2D eigenvalue weighted by atomic mass is 16.6. The highest BCUT2D eigenvalue weighted by Crippen LogP contribution is 2.25. The number of carbonyl (C=O) groups excluding carboxylic acids is 3. The van der Waals surface area contributed by atoms with Crippen LogP contribution in [0, 0.1) is 0 Å². The molecule has 0 aliphatic carbocycles. The van der Waals surface area contributed by atoms with Gasteiger partial charge in [-0.3, -0.25) is 10.1 Å². The number of pyridine rings is 1. The second-order valence-electron chi connectivity index (χ2n) is 8.46. The monoisotopic (exact) mass is 449 g/mol. The Morgan fingerprint density at radius 2 is 1.73 bits per heavy atom. The van der Waals surface area contributed by atoms with E-state index < -0.39 is 17.7 Å². The Morgan fingerprint density at radius 1 is 1.03 bits per heavy atom. The minimum absolute atomic E-state index is 0.222. The first-order chi connectivity index (χ1) is 15.6. The molecule has 0 fully saturated rings. The minimum atomic E-state index is -0.620. The molecule has 0 atom stereocenters. The molecular formula is C25H27N3O5. The van der Waals surface area contributed by atoms with Crippen molar-refractivity contribution in [1.29, 1.82) is 0 Å². The number of anilines is 2. The molecule has 0 saturated carbocycles. The van der Waals surface area contributed by atoms with Gasteiger partial charge in [-0.25, -0.2) is 14.6 Å². The van der Waals surface area contributed by atoms with Gasteiger partial charge in [0.1, 0.15) is 11.4 Å². The van der Waals surface area contributed by atoms with Crippen LogP contribution in [0.1, 0.15) is 43.6 Å². The first-order valence-corrected chi connectivity index (χ1v) is 10.4. The van der Waals surface area contributed by atoms with Crippen LogP contribution in [0.4, 0.5) is 16.3 Å². The third-order valence-electron chi connectivity index (χ3n) is 4.71. The van der Waals surface area contributed by atoms with Gasteiger partial charge in [0.2, 0.25) is 5.91 Å². The summed E-state index contributed by atoms with van der Waals surface area (Å²) in [5.74, 6) is -0.386. The molecule has 8 heteroatoms. The van der Waals surface area contributed by atoms with Gasteiger partial charge in [-0.2, -0.15) is 0 Å². The lowest BCUT2D eigenvalue weighted by Gasteiger charge is -2.23. The number of esters is 1. The van der Waals surface area contributed by atoms with Crippen LogP contribution in [0.2, 0.25) is 0 Å². The molecule has 0 aliphatic heterocycles. The van der Waals surface area contributed by atoms with E-state index in [1.807, 2.05) is 24.3 Å². The van der Waals surface area contributed by atoms with Crippen molar-refractivity contribution in [3.63, 3.8) is 0 Å². The van der Waals surface area contributed by atoms with E-state index in [0.717, 1.165) is 10.9 Å². The third-order valence-corrected chi connectivity index (χ3v) is 4.71. The summed E-state index contributed by atoms with van der Waals surface area (Å²) in [5, 5.41) is 3.51. The van der Waals surface area contributed by atoms with Gasteiger partial charge in [0.05, 0.1) is 30.4 Å². The van der Waals surface area contributed by atoms with E-state index >= 15 is 0 Å². The number of para-hydroxylation sites is 1. The van der Waals surface area contributed by atoms with Gasteiger partial charge in [0.25, 0.3) is 0 Å². The Labute approximate surface area is 192 Å². The average molecular weight is 450 g/mol. The fourth-order valence-corrected chi connectivity index (χ4v) is 3.28. The summed E-state index contributed by atoms with van der Waals surface area (Å²) < 4.78 is 10.1. The quantitative estimate of drug-likeness (QED) is 0.555. The van der Waals surface area contributed by atoms with E-state index in [9.17, 15) is 14.4 Å². The van der Waals surface area contributed by atoms with E-state index in [-0.39, 0.29) is 12.5 Å². The highest BCUT2D eigenvalue weighted by Gasteiger charge is 2.20. The zero-order valence-electron chi connectivity index (χ0n) is 19.3. The van der Waals surface area contributed by atoms with Crippen LogP contribution in [0.15, 0.2) is 54.6 Å². The number of hydrogen-bond acceptors (Lipinski definition) is 6. The van der Waals surface area contributed by atoms with Gasteiger partial charge in [-0.1, -0.05) is 24.3 Å². The van der Waals surface area contributed by atoms with Crippen LogP contribution in [-0.4, -0.2) is 35.7 Å². The van der Waals surface area contributed by atoms with Crippen LogP contribution in [0.25, 0.3) is 10.9 Å². The molecule has 2 aromatic carbocycles. The van der Waals surface area contributed by atoms with Gasteiger partial charge in [0, 0.05) is 12.3 Å². The second-order valence-corrected chi connectivity index (χ2v) is 8.46. The molecule has 0 aliphatic rings. The zero-order chi connectivity index (χ0) is 24.2. The summed E-state index contributed by atoms with van der Waals surface area (Å²) in [7, 11) is 1.30. The molecule has 2 amide bonds. The average Bonchev–Trinajstić information content (AvgIpc) is 2.75. The number of carbonyl (C=O) groups is 3. The molecular weight excluding hydrogens is 422 g/mol. The summed E-state index contributed by atoms with van der Waals surface area (Å²) in [6.45, 7) is 7.02. The van der Waals surface area contributed by atoms with Crippen LogP contribution in [0.5, 0.6) is 0 Å². The maximum atomic E-state index is 12.5. The van der Waals surface area contributed by atoms with Gasteiger partial charge < -0.3 is 14.4 Å².